The van der Waals surface area contributed by atoms with E-state index in [0.29, 0.717) is 29.2 Å². The van der Waals surface area contributed by atoms with Gasteiger partial charge in [0.1, 0.15) is 5.76 Å². The van der Waals surface area contributed by atoms with Crippen LogP contribution in [-0.4, -0.2) is 33.1 Å². The highest BCUT2D eigenvalue weighted by atomic mass is 35.5. The van der Waals surface area contributed by atoms with Gasteiger partial charge in [-0.15, -0.1) is 10.2 Å². The molecule has 0 amide bonds. The van der Waals surface area contributed by atoms with Gasteiger partial charge in [-0.1, -0.05) is 23.4 Å². The maximum absolute atomic E-state index is 11.6. The Morgan fingerprint density at radius 3 is 2.76 bits per heavy atom. The van der Waals surface area contributed by atoms with Gasteiger partial charge >= 0.3 is 5.97 Å². The molecule has 8 heteroatoms. The van der Waals surface area contributed by atoms with Gasteiger partial charge in [0.15, 0.2) is 11.0 Å². The largest absolute Gasteiger partial charge is 0.467 e. The van der Waals surface area contributed by atoms with Crippen molar-refractivity contribution in [3.63, 3.8) is 0 Å². The molecule has 0 fully saturated rings. The lowest BCUT2D eigenvalue weighted by Gasteiger charge is -2.09. The SMILES string of the molecule is CCOC(=O)CSc1nnc(-c2ccc(Cl)cc2)n1Cc1ccco1. The number of aromatic nitrogens is 3. The molecule has 0 saturated heterocycles. The van der Waals surface area contributed by atoms with Crippen molar-refractivity contribution in [1.82, 2.24) is 14.8 Å². The van der Waals surface area contributed by atoms with Crippen LogP contribution in [0.15, 0.2) is 52.2 Å². The van der Waals surface area contributed by atoms with E-state index in [1.165, 1.54) is 11.8 Å². The summed E-state index contributed by atoms with van der Waals surface area (Å²) in [6.07, 6.45) is 1.62. The number of rotatable bonds is 7. The molecule has 2 aromatic heterocycles. The van der Waals surface area contributed by atoms with Crippen molar-refractivity contribution < 1.29 is 13.9 Å². The minimum Gasteiger partial charge on any atom is -0.467 e. The Balaban J connectivity index is 1.89. The van der Waals surface area contributed by atoms with Crippen molar-refractivity contribution in [2.45, 2.75) is 18.6 Å². The van der Waals surface area contributed by atoms with E-state index in [0.717, 1.165) is 11.3 Å². The average molecular weight is 378 g/mol. The van der Waals surface area contributed by atoms with Crippen molar-refractivity contribution >= 4 is 29.3 Å². The second kappa shape index (κ2) is 8.22. The molecular formula is C17H16ClN3O3S. The highest BCUT2D eigenvalue weighted by molar-refractivity contribution is 7.99. The van der Waals surface area contributed by atoms with Crippen molar-refractivity contribution in [2.75, 3.05) is 12.4 Å². The molecular weight excluding hydrogens is 362 g/mol. The summed E-state index contributed by atoms with van der Waals surface area (Å²) >= 11 is 7.24. The van der Waals surface area contributed by atoms with Gasteiger partial charge in [0, 0.05) is 10.6 Å². The Kier molecular flexibility index (Phi) is 5.78. The van der Waals surface area contributed by atoms with Crippen LogP contribution < -0.4 is 0 Å². The second-order valence-electron chi connectivity index (χ2n) is 5.07. The summed E-state index contributed by atoms with van der Waals surface area (Å²) in [6.45, 7) is 2.60. The van der Waals surface area contributed by atoms with Crippen molar-refractivity contribution in [1.29, 1.82) is 0 Å². The van der Waals surface area contributed by atoms with E-state index in [9.17, 15) is 4.79 Å². The first-order valence-electron chi connectivity index (χ1n) is 7.67. The number of thioether (sulfide) groups is 1. The number of carbonyl (C=O) groups is 1. The standard InChI is InChI=1S/C17H16ClN3O3S/c1-2-23-15(22)11-25-17-20-19-16(12-5-7-13(18)8-6-12)21(17)10-14-4-3-9-24-14/h3-9H,2,10-11H2,1H3. The number of ether oxygens (including phenoxy) is 1. The van der Waals surface area contributed by atoms with E-state index < -0.39 is 0 Å². The average Bonchev–Trinajstić information content (AvgIpc) is 3.25. The van der Waals surface area contributed by atoms with Crippen molar-refractivity contribution in [3.05, 3.63) is 53.4 Å². The minimum absolute atomic E-state index is 0.171. The van der Waals surface area contributed by atoms with E-state index in [2.05, 4.69) is 10.2 Å². The highest BCUT2D eigenvalue weighted by Crippen LogP contribution is 2.26. The highest BCUT2D eigenvalue weighted by Gasteiger charge is 2.17. The van der Waals surface area contributed by atoms with Crippen molar-refractivity contribution in [2.24, 2.45) is 0 Å². The summed E-state index contributed by atoms with van der Waals surface area (Å²) in [4.78, 5) is 11.6. The molecule has 3 aromatic rings. The molecule has 0 atom stereocenters. The number of halogens is 1. The van der Waals surface area contributed by atoms with Gasteiger partial charge in [0.2, 0.25) is 0 Å². The van der Waals surface area contributed by atoms with Gasteiger partial charge in [-0.3, -0.25) is 9.36 Å². The van der Waals surface area contributed by atoms with Crippen LogP contribution >= 0.6 is 23.4 Å². The summed E-state index contributed by atoms with van der Waals surface area (Å²) in [6, 6.07) is 11.1. The lowest BCUT2D eigenvalue weighted by molar-refractivity contribution is -0.139. The Morgan fingerprint density at radius 1 is 1.28 bits per heavy atom. The van der Waals surface area contributed by atoms with E-state index in [1.54, 1.807) is 25.3 Å². The van der Waals surface area contributed by atoms with E-state index in [4.69, 9.17) is 20.8 Å². The number of esters is 1. The summed E-state index contributed by atoms with van der Waals surface area (Å²) < 4.78 is 12.3. The molecule has 0 N–H and O–H groups in total. The molecule has 0 aliphatic carbocycles. The zero-order valence-corrected chi connectivity index (χ0v) is 15.1. The number of hydrogen-bond acceptors (Lipinski definition) is 6. The Labute approximate surface area is 154 Å². The van der Waals surface area contributed by atoms with Crippen LogP contribution in [0.25, 0.3) is 11.4 Å². The van der Waals surface area contributed by atoms with Crippen LogP contribution in [0.3, 0.4) is 0 Å². The van der Waals surface area contributed by atoms with E-state index in [1.807, 2.05) is 28.8 Å². The van der Waals surface area contributed by atoms with Crippen LogP contribution in [0, 0.1) is 0 Å². The molecule has 0 aliphatic rings. The van der Waals surface area contributed by atoms with Crippen LogP contribution in [0.2, 0.25) is 5.02 Å². The molecule has 6 nitrogen and oxygen atoms in total. The first-order valence-corrected chi connectivity index (χ1v) is 9.03. The van der Waals surface area contributed by atoms with Gasteiger partial charge < -0.3 is 9.15 Å². The summed E-state index contributed by atoms with van der Waals surface area (Å²) in [7, 11) is 0. The number of carbonyl (C=O) groups excluding carboxylic acids is 1. The molecule has 0 unspecified atom stereocenters. The number of benzene rings is 1. The van der Waals surface area contributed by atoms with Gasteiger partial charge in [0.05, 0.1) is 25.2 Å². The van der Waals surface area contributed by atoms with Crippen molar-refractivity contribution in [3.8, 4) is 11.4 Å². The first kappa shape index (κ1) is 17.6. The molecule has 0 radical (unpaired) electrons. The molecule has 3 rings (SSSR count). The first-order chi connectivity index (χ1) is 12.2. The maximum Gasteiger partial charge on any atom is 0.316 e. The topological polar surface area (TPSA) is 70.2 Å². The van der Waals surface area contributed by atoms with Gasteiger partial charge in [-0.25, -0.2) is 0 Å². The summed E-state index contributed by atoms with van der Waals surface area (Å²) in [5.74, 6) is 1.34. The molecule has 2 heterocycles. The maximum atomic E-state index is 11.6. The lowest BCUT2D eigenvalue weighted by Crippen LogP contribution is -2.09. The van der Waals surface area contributed by atoms with Crippen LogP contribution in [-0.2, 0) is 16.1 Å². The number of nitrogens with zero attached hydrogens (tertiary/aromatic N) is 3. The molecule has 1 aromatic carbocycles. The Hall–Kier alpha value is -2.25. The molecule has 25 heavy (non-hydrogen) atoms. The predicted octanol–water partition coefficient (Wildman–Crippen LogP) is 3.90. The molecule has 0 saturated carbocycles. The van der Waals surface area contributed by atoms with Crippen LogP contribution in [0.4, 0.5) is 0 Å². The summed E-state index contributed by atoms with van der Waals surface area (Å²) in [5.41, 5.74) is 0.881. The normalized spacial score (nSPS) is 10.8. The monoisotopic (exact) mass is 377 g/mol. The van der Waals surface area contributed by atoms with Gasteiger partial charge in [0.25, 0.3) is 0 Å². The second-order valence-corrected chi connectivity index (χ2v) is 6.45. The fourth-order valence-corrected chi connectivity index (χ4v) is 3.10. The molecule has 130 valence electrons. The third-order valence-corrected chi connectivity index (χ3v) is 4.53. The van der Waals surface area contributed by atoms with Crippen LogP contribution in [0.1, 0.15) is 12.7 Å². The summed E-state index contributed by atoms with van der Waals surface area (Å²) in [5, 5.41) is 9.77. The fraction of sp³-hybridized carbons (Fsp3) is 0.235. The smallest absolute Gasteiger partial charge is 0.316 e. The molecule has 0 bridgehead atoms. The number of hydrogen-bond donors (Lipinski definition) is 0. The third kappa shape index (κ3) is 4.43. The Bertz CT molecular complexity index is 831. The minimum atomic E-state index is -0.284. The van der Waals surface area contributed by atoms with Gasteiger partial charge in [-0.2, -0.15) is 0 Å². The fourth-order valence-electron chi connectivity index (χ4n) is 2.24. The predicted molar refractivity (Wildman–Crippen MR) is 95.6 cm³/mol. The molecule has 0 spiro atoms. The van der Waals surface area contributed by atoms with E-state index >= 15 is 0 Å². The zero-order valence-electron chi connectivity index (χ0n) is 13.5. The van der Waals surface area contributed by atoms with Crippen LogP contribution in [0.5, 0.6) is 0 Å². The Morgan fingerprint density at radius 2 is 2.08 bits per heavy atom. The third-order valence-electron chi connectivity index (χ3n) is 3.34. The van der Waals surface area contributed by atoms with E-state index in [-0.39, 0.29) is 11.7 Å². The zero-order chi connectivity index (χ0) is 17.6. The van der Waals surface area contributed by atoms with Gasteiger partial charge in [-0.05, 0) is 43.3 Å². The lowest BCUT2D eigenvalue weighted by atomic mass is 10.2. The number of furan rings is 1. The molecule has 0 aliphatic heterocycles. The quantitative estimate of drug-likeness (QED) is 0.459.